The van der Waals surface area contributed by atoms with Gasteiger partial charge < -0.3 is 15.7 Å². The molecule has 0 spiro atoms. The molecule has 0 aliphatic heterocycles. The molecule has 0 saturated carbocycles. The van der Waals surface area contributed by atoms with E-state index in [-0.39, 0.29) is 5.69 Å². The Morgan fingerprint density at radius 2 is 1.70 bits per heavy atom. The number of carbonyl (C=O) groups excluding carboxylic acids is 1. The smallest absolute Gasteiger partial charge is 0.323 e. The normalized spacial score (nSPS) is 10.2. The van der Waals surface area contributed by atoms with Crippen LogP contribution in [-0.4, -0.2) is 11.1 Å². The molecular weight excluding hydrogens is 266 g/mol. The maximum absolute atomic E-state index is 13.1. The summed E-state index contributed by atoms with van der Waals surface area (Å²) < 4.78 is 26.2. The number of rotatable bonds is 2. The van der Waals surface area contributed by atoms with Crippen LogP contribution >= 0.6 is 0 Å². The lowest BCUT2D eigenvalue weighted by atomic mass is 10.2. The lowest BCUT2D eigenvalue weighted by Crippen LogP contribution is -2.20. The molecule has 0 atom stereocenters. The highest BCUT2D eigenvalue weighted by atomic mass is 19.1. The molecule has 0 aliphatic carbocycles. The Hall–Kier alpha value is -2.63. The van der Waals surface area contributed by atoms with Crippen LogP contribution in [0.25, 0.3) is 0 Å². The summed E-state index contributed by atoms with van der Waals surface area (Å²) in [7, 11) is 0. The van der Waals surface area contributed by atoms with E-state index in [2.05, 4.69) is 10.6 Å². The summed E-state index contributed by atoms with van der Waals surface area (Å²) in [6.07, 6.45) is 0. The number of phenolic OH excluding ortho intramolecular Hbond substituents is 1. The number of hydrogen-bond acceptors (Lipinski definition) is 2. The lowest BCUT2D eigenvalue weighted by Gasteiger charge is -2.10. The van der Waals surface area contributed by atoms with Crippen molar-refractivity contribution in [3.8, 4) is 5.75 Å². The summed E-state index contributed by atoms with van der Waals surface area (Å²) >= 11 is 0. The molecule has 0 saturated heterocycles. The van der Waals surface area contributed by atoms with Crippen LogP contribution < -0.4 is 10.6 Å². The third kappa shape index (κ3) is 3.03. The molecule has 2 amide bonds. The predicted octanol–water partition coefficient (Wildman–Crippen LogP) is 3.62. The van der Waals surface area contributed by atoms with Crippen molar-refractivity contribution in [1.82, 2.24) is 0 Å². The largest absolute Gasteiger partial charge is 0.503 e. The molecule has 0 aromatic heterocycles. The number of anilines is 2. The fourth-order valence-corrected chi connectivity index (χ4v) is 1.64. The van der Waals surface area contributed by atoms with Crippen LogP contribution in [-0.2, 0) is 0 Å². The molecule has 0 radical (unpaired) electrons. The Bertz CT molecular complexity index is 636. The molecule has 2 rings (SSSR count). The molecule has 20 heavy (non-hydrogen) atoms. The van der Waals surface area contributed by atoms with Crippen molar-refractivity contribution in [3.63, 3.8) is 0 Å². The van der Waals surface area contributed by atoms with Crippen molar-refractivity contribution in [3.05, 3.63) is 53.6 Å². The van der Waals surface area contributed by atoms with E-state index in [0.29, 0.717) is 5.69 Å². The van der Waals surface area contributed by atoms with Gasteiger partial charge in [-0.25, -0.2) is 13.6 Å². The van der Waals surface area contributed by atoms with Gasteiger partial charge >= 0.3 is 6.03 Å². The highest BCUT2D eigenvalue weighted by molar-refractivity contribution is 6.00. The van der Waals surface area contributed by atoms with E-state index >= 15 is 0 Å². The van der Waals surface area contributed by atoms with E-state index < -0.39 is 23.4 Å². The maximum Gasteiger partial charge on any atom is 0.323 e. The Labute approximate surface area is 114 Å². The van der Waals surface area contributed by atoms with E-state index in [4.69, 9.17) is 5.11 Å². The second-order valence-electron chi connectivity index (χ2n) is 4.18. The number of benzene rings is 2. The number of urea groups is 1. The van der Waals surface area contributed by atoms with Gasteiger partial charge in [0.15, 0.2) is 17.4 Å². The number of halogens is 2. The van der Waals surface area contributed by atoms with E-state index in [0.717, 1.165) is 17.7 Å². The van der Waals surface area contributed by atoms with E-state index in [1.54, 1.807) is 12.1 Å². The second-order valence-corrected chi connectivity index (χ2v) is 4.18. The molecule has 4 nitrogen and oxygen atoms in total. The number of carbonyl (C=O) groups is 1. The number of aromatic hydroxyl groups is 1. The molecule has 2 aromatic rings. The van der Waals surface area contributed by atoms with Gasteiger partial charge in [0, 0.05) is 23.5 Å². The summed E-state index contributed by atoms with van der Waals surface area (Å²) in [6.45, 7) is 1.81. The Morgan fingerprint density at radius 1 is 1.10 bits per heavy atom. The molecule has 0 unspecified atom stereocenters. The van der Waals surface area contributed by atoms with Crippen molar-refractivity contribution in [2.24, 2.45) is 0 Å². The fraction of sp³-hybridized carbons (Fsp3) is 0.0714. The highest BCUT2D eigenvalue weighted by Crippen LogP contribution is 2.24. The van der Waals surface area contributed by atoms with E-state index in [1.807, 2.05) is 19.1 Å². The van der Waals surface area contributed by atoms with Crippen LogP contribution in [0.15, 0.2) is 36.4 Å². The first kappa shape index (κ1) is 13.8. The van der Waals surface area contributed by atoms with E-state index in [9.17, 15) is 13.6 Å². The van der Waals surface area contributed by atoms with Gasteiger partial charge in [-0.2, -0.15) is 0 Å². The second kappa shape index (κ2) is 5.56. The minimum Gasteiger partial charge on any atom is -0.503 e. The molecular formula is C14H12F2N2O2. The molecule has 0 aliphatic rings. The summed E-state index contributed by atoms with van der Waals surface area (Å²) in [5.74, 6) is -3.36. The summed E-state index contributed by atoms with van der Waals surface area (Å²) in [5.41, 5.74) is 1.35. The number of aryl methyl sites for hydroxylation is 1. The minimum absolute atomic E-state index is 0.0936. The molecule has 6 heteroatoms. The number of phenols is 1. The van der Waals surface area contributed by atoms with Gasteiger partial charge in [0.25, 0.3) is 0 Å². The molecule has 3 N–H and O–H groups in total. The fourth-order valence-electron chi connectivity index (χ4n) is 1.64. The standard InChI is InChI=1S/C14H12F2N2O2/c1-8-4-2-3-5-12(8)18-14(20)17-9-6-10(15)13(19)11(16)7-9/h2-7,19H,1H3,(H2,17,18,20). The van der Waals surface area contributed by atoms with Gasteiger partial charge in [-0.15, -0.1) is 0 Å². The maximum atomic E-state index is 13.1. The summed E-state index contributed by atoms with van der Waals surface area (Å²) in [4.78, 5) is 11.7. The van der Waals surface area contributed by atoms with Gasteiger partial charge in [0.2, 0.25) is 0 Å². The van der Waals surface area contributed by atoms with Crippen molar-refractivity contribution < 1.29 is 18.7 Å². The minimum atomic E-state index is -1.14. The highest BCUT2D eigenvalue weighted by Gasteiger charge is 2.11. The number of nitrogens with one attached hydrogen (secondary N) is 2. The van der Waals surface area contributed by atoms with Crippen molar-refractivity contribution >= 4 is 17.4 Å². The van der Waals surface area contributed by atoms with Crippen LogP contribution in [0.3, 0.4) is 0 Å². The van der Waals surface area contributed by atoms with Crippen LogP contribution in [0.5, 0.6) is 5.75 Å². The van der Waals surface area contributed by atoms with Crippen molar-refractivity contribution in [2.45, 2.75) is 6.92 Å². The quantitative estimate of drug-likeness (QED) is 0.735. The average molecular weight is 278 g/mol. The molecule has 0 bridgehead atoms. The Balaban J connectivity index is 2.11. The topological polar surface area (TPSA) is 61.4 Å². The van der Waals surface area contributed by atoms with Crippen LogP contribution in [0.2, 0.25) is 0 Å². The first-order valence-electron chi connectivity index (χ1n) is 5.79. The van der Waals surface area contributed by atoms with Gasteiger partial charge in [0.1, 0.15) is 0 Å². The van der Waals surface area contributed by atoms with Gasteiger partial charge in [0.05, 0.1) is 0 Å². The molecule has 2 aromatic carbocycles. The van der Waals surface area contributed by atoms with Crippen LogP contribution in [0.1, 0.15) is 5.56 Å². The number of para-hydroxylation sites is 1. The van der Waals surface area contributed by atoms with Crippen LogP contribution in [0, 0.1) is 18.6 Å². The lowest BCUT2D eigenvalue weighted by molar-refractivity contribution is 0.262. The van der Waals surface area contributed by atoms with Gasteiger partial charge in [-0.05, 0) is 18.6 Å². The first-order chi connectivity index (χ1) is 9.47. The Kier molecular flexibility index (Phi) is 3.84. The number of amides is 2. The third-order valence-corrected chi connectivity index (χ3v) is 2.67. The van der Waals surface area contributed by atoms with E-state index in [1.165, 1.54) is 0 Å². The predicted molar refractivity (Wildman–Crippen MR) is 71.8 cm³/mol. The number of hydrogen-bond donors (Lipinski definition) is 3. The first-order valence-corrected chi connectivity index (χ1v) is 5.79. The molecule has 0 heterocycles. The monoisotopic (exact) mass is 278 g/mol. The zero-order valence-corrected chi connectivity index (χ0v) is 10.6. The zero-order valence-electron chi connectivity index (χ0n) is 10.6. The molecule has 0 fully saturated rings. The SMILES string of the molecule is Cc1ccccc1NC(=O)Nc1cc(F)c(O)c(F)c1. The zero-order chi connectivity index (χ0) is 14.7. The molecule has 104 valence electrons. The van der Waals surface area contributed by atoms with Gasteiger partial charge in [-0.3, -0.25) is 0 Å². The summed E-state index contributed by atoms with van der Waals surface area (Å²) in [5, 5.41) is 13.8. The third-order valence-electron chi connectivity index (χ3n) is 2.67. The van der Waals surface area contributed by atoms with Gasteiger partial charge in [-0.1, -0.05) is 18.2 Å². The Morgan fingerprint density at radius 3 is 2.30 bits per heavy atom. The van der Waals surface area contributed by atoms with Crippen molar-refractivity contribution in [2.75, 3.05) is 10.6 Å². The summed E-state index contributed by atoms with van der Waals surface area (Å²) in [6, 6.07) is 8.11. The van der Waals surface area contributed by atoms with Crippen molar-refractivity contribution in [1.29, 1.82) is 0 Å². The van der Waals surface area contributed by atoms with Crippen LogP contribution in [0.4, 0.5) is 25.0 Å². The average Bonchev–Trinajstić information content (AvgIpc) is 2.38.